The molecule has 18 heavy (non-hydrogen) atoms. The maximum absolute atomic E-state index is 6.46. The highest BCUT2D eigenvalue weighted by Crippen LogP contribution is 2.41. The molecule has 0 atom stereocenters. The number of benzene rings is 2. The molecular formula is C15H14Cl2O. The highest BCUT2D eigenvalue weighted by molar-refractivity contribution is 6.50. The van der Waals surface area contributed by atoms with Crippen LogP contribution >= 0.6 is 23.2 Å². The van der Waals surface area contributed by atoms with E-state index in [2.05, 4.69) is 0 Å². The van der Waals surface area contributed by atoms with Crippen LogP contribution in [0.25, 0.3) is 0 Å². The molecule has 0 N–H and O–H groups in total. The second-order valence-electron chi connectivity index (χ2n) is 4.17. The Morgan fingerprint density at radius 2 is 1.28 bits per heavy atom. The van der Waals surface area contributed by atoms with Crippen LogP contribution < -0.4 is 4.74 Å². The quantitative estimate of drug-likeness (QED) is 0.742. The van der Waals surface area contributed by atoms with Gasteiger partial charge in [0.15, 0.2) is 4.33 Å². The van der Waals surface area contributed by atoms with Gasteiger partial charge in [-0.05, 0) is 30.2 Å². The summed E-state index contributed by atoms with van der Waals surface area (Å²) in [5.41, 5.74) is 2.87. The van der Waals surface area contributed by atoms with Crippen molar-refractivity contribution >= 4 is 23.2 Å². The molecule has 0 fully saturated rings. The van der Waals surface area contributed by atoms with E-state index in [9.17, 15) is 0 Å². The van der Waals surface area contributed by atoms with Gasteiger partial charge >= 0.3 is 0 Å². The monoisotopic (exact) mass is 280 g/mol. The third-order valence-corrected chi connectivity index (χ3v) is 3.74. The van der Waals surface area contributed by atoms with Gasteiger partial charge in [-0.3, -0.25) is 0 Å². The molecule has 0 saturated heterocycles. The summed E-state index contributed by atoms with van der Waals surface area (Å²) in [6.07, 6.45) is 0. The van der Waals surface area contributed by atoms with Gasteiger partial charge in [0, 0.05) is 0 Å². The second kappa shape index (κ2) is 5.21. The van der Waals surface area contributed by atoms with Crippen LogP contribution in [0, 0.1) is 6.92 Å². The molecule has 2 aromatic carbocycles. The number of methoxy groups -OCH3 is 1. The largest absolute Gasteiger partial charge is 0.497 e. The van der Waals surface area contributed by atoms with Gasteiger partial charge in [0.1, 0.15) is 5.75 Å². The van der Waals surface area contributed by atoms with Gasteiger partial charge in [0.2, 0.25) is 0 Å². The van der Waals surface area contributed by atoms with Gasteiger partial charge in [0.05, 0.1) is 7.11 Å². The lowest BCUT2D eigenvalue weighted by Crippen LogP contribution is -2.12. The van der Waals surface area contributed by atoms with E-state index in [-0.39, 0.29) is 0 Å². The van der Waals surface area contributed by atoms with Crippen molar-refractivity contribution in [3.05, 3.63) is 65.2 Å². The zero-order chi connectivity index (χ0) is 13.2. The first-order valence-electron chi connectivity index (χ1n) is 5.63. The summed E-state index contributed by atoms with van der Waals surface area (Å²) in [7, 11) is 1.63. The maximum atomic E-state index is 6.46. The first kappa shape index (κ1) is 13.3. The molecule has 2 aromatic rings. The number of ether oxygens (including phenoxy) is 1. The molecule has 0 heterocycles. The normalized spacial score (nSPS) is 11.3. The van der Waals surface area contributed by atoms with Crippen molar-refractivity contribution in [2.45, 2.75) is 11.3 Å². The van der Waals surface area contributed by atoms with E-state index in [1.807, 2.05) is 55.5 Å². The Morgan fingerprint density at radius 3 is 1.72 bits per heavy atom. The Bertz CT molecular complexity index is 515. The molecule has 1 nitrogen and oxygen atoms in total. The number of halogens is 2. The van der Waals surface area contributed by atoms with Crippen molar-refractivity contribution in [2.24, 2.45) is 0 Å². The van der Waals surface area contributed by atoms with Crippen molar-refractivity contribution in [3.8, 4) is 5.75 Å². The van der Waals surface area contributed by atoms with E-state index >= 15 is 0 Å². The molecule has 2 rings (SSSR count). The summed E-state index contributed by atoms with van der Waals surface area (Å²) in [6.45, 7) is 2.03. The molecule has 0 aliphatic heterocycles. The van der Waals surface area contributed by atoms with Crippen LogP contribution in [-0.2, 0) is 4.33 Å². The SMILES string of the molecule is COc1ccc(C(Cl)(Cl)c2ccc(C)cc2)cc1. The second-order valence-corrected chi connectivity index (χ2v) is 5.50. The molecule has 0 amide bonds. The minimum absolute atomic E-state index is 0.784. The lowest BCUT2D eigenvalue weighted by Gasteiger charge is -2.21. The molecular weight excluding hydrogens is 267 g/mol. The standard InChI is InChI=1S/C15H14Cl2O/c1-11-3-5-12(6-4-11)15(16,17)13-7-9-14(18-2)10-8-13/h3-10H,1-2H3. The lowest BCUT2D eigenvalue weighted by atomic mass is 10.0. The van der Waals surface area contributed by atoms with Crippen LogP contribution in [0.1, 0.15) is 16.7 Å². The van der Waals surface area contributed by atoms with Crippen LogP contribution in [0.3, 0.4) is 0 Å². The molecule has 0 aromatic heterocycles. The highest BCUT2D eigenvalue weighted by atomic mass is 35.5. The minimum atomic E-state index is -1.04. The molecule has 0 unspecified atom stereocenters. The van der Waals surface area contributed by atoms with Crippen molar-refractivity contribution in [2.75, 3.05) is 7.11 Å². The van der Waals surface area contributed by atoms with Gasteiger partial charge in [-0.2, -0.15) is 0 Å². The molecule has 0 radical (unpaired) electrons. The molecule has 3 heteroatoms. The molecule has 0 aliphatic rings. The van der Waals surface area contributed by atoms with E-state index in [1.54, 1.807) is 7.11 Å². The fourth-order valence-electron chi connectivity index (χ4n) is 1.73. The van der Waals surface area contributed by atoms with E-state index in [0.29, 0.717) is 0 Å². The minimum Gasteiger partial charge on any atom is -0.497 e. The summed E-state index contributed by atoms with van der Waals surface area (Å²) in [5, 5.41) is 0. The molecule has 0 bridgehead atoms. The van der Waals surface area contributed by atoms with Crippen molar-refractivity contribution in [1.82, 2.24) is 0 Å². The number of aryl methyl sites for hydroxylation is 1. The van der Waals surface area contributed by atoms with E-state index in [1.165, 1.54) is 5.56 Å². The van der Waals surface area contributed by atoms with Gasteiger partial charge < -0.3 is 4.74 Å². The smallest absolute Gasteiger partial charge is 0.168 e. The Balaban J connectivity index is 2.37. The molecule has 0 spiro atoms. The van der Waals surface area contributed by atoms with Crippen LogP contribution in [0.5, 0.6) is 5.75 Å². The maximum Gasteiger partial charge on any atom is 0.168 e. The Labute approximate surface area is 117 Å². The van der Waals surface area contributed by atoms with Gasteiger partial charge in [-0.1, -0.05) is 65.2 Å². The summed E-state index contributed by atoms with van der Waals surface area (Å²) < 4.78 is 4.08. The number of rotatable bonds is 3. The van der Waals surface area contributed by atoms with E-state index in [4.69, 9.17) is 27.9 Å². The van der Waals surface area contributed by atoms with E-state index < -0.39 is 4.33 Å². The van der Waals surface area contributed by atoms with Gasteiger partial charge in [-0.15, -0.1) is 0 Å². The Kier molecular flexibility index (Phi) is 3.84. The fourth-order valence-corrected chi connectivity index (χ4v) is 2.23. The molecule has 94 valence electrons. The topological polar surface area (TPSA) is 9.23 Å². The zero-order valence-electron chi connectivity index (χ0n) is 10.3. The number of alkyl halides is 2. The summed E-state index contributed by atoms with van der Waals surface area (Å²) in [4.78, 5) is 0. The van der Waals surface area contributed by atoms with Crippen molar-refractivity contribution in [1.29, 1.82) is 0 Å². The molecule has 0 saturated carbocycles. The predicted molar refractivity (Wildman–Crippen MR) is 76.7 cm³/mol. The third kappa shape index (κ3) is 2.63. The third-order valence-electron chi connectivity index (χ3n) is 2.87. The zero-order valence-corrected chi connectivity index (χ0v) is 11.8. The highest BCUT2D eigenvalue weighted by Gasteiger charge is 2.28. The number of hydrogen-bond acceptors (Lipinski definition) is 1. The van der Waals surface area contributed by atoms with Gasteiger partial charge in [0.25, 0.3) is 0 Å². The lowest BCUT2D eigenvalue weighted by molar-refractivity contribution is 0.414. The summed E-state index contributed by atoms with van der Waals surface area (Å²) >= 11 is 12.9. The van der Waals surface area contributed by atoms with Crippen LogP contribution in [-0.4, -0.2) is 7.11 Å². The van der Waals surface area contributed by atoms with E-state index in [0.717, 1.165) is 16.9 Å². The van der Waals surface area contributed by atoms with Crippen LogP contribution in [0.4, 0.5) is 0 Å². The molecule has 0 aliphatic carbocycles. The average Bonchev–Trinajstić information content (AvgIpc) is 2.39. The Morgan fingerprint density at radius 1 is 0.833 bits per heavy atom. The summed E-state index contributed by atoms with van der Waals surface area (Å²) in [6, 6.07) is 15.3. The first-order chi connectivity index (χ1) is 8.54. The number of hydrogen-bond donors (Lipinski definition) is 0. The van der Waals surface area contributed by atoms with Gasteiger partial charge in [-0.25, -0.2) is 0 Å². The fraction of sp³-hybridized carbons (Fsp3) is 0.200. The summed E-state index contributed by atoms with van der Waals surface area (Å²) in [5.74, 6) is 0.784. The van der Waals surface area contributed by atoms with Crippen LogP contribution in [0.2, 0.25) is 0 Å². The van der Waals surface area contributed by atoms with Crippen LogP contribution in [0.15, 0.2) is 48.5 Å². The first-order valence-corrected chi connectivity index (χ1v) is 6.39. The van der Waals surface area contributed by atoms with Crippen molar-refractivity contribution < 1.29 is 4.74 Å². The average molecular weight is 281 g/mol. The Hall–Kier alpha value is -1.18. The predicted octanol–water partition coefficient (Wildman–Crippen LogP) is 4.68. The van der Waals surface area contributed by atoms with Crippen molar-refractivity contribution in [3.63, 3.8) is 0 Å².